The third-order valence-corrected chi connectivity index (χ3v) is 6.91. The van der Waals surface area contributed by atoms with Crippen molar-refractivity contribution in [1.29, 1.82) is 0 Å². The Labute approximate surface area is 236 Å². The summed E-state index contributed by atoms with van der Waals surface area (Å²) in [6.07, 6.45) is 1.34. The van der Waals surface area contributed by atoms with E-state index in [1.54, 1.807) is 18.2 Å². The van der Waals surface area contributed by atoms with Gasteiger partial charge >= 0.3 is 6.03 Å². The number of nitrogens with one attached hydrogen (secondary N) is 2. The zero-order valence-electron chi connectivity index (χ0n) is 20.1. The van der Waals surface area contributed by atoms with Crippen LogP contribution in [-0.4, -0.2) is 30.4 Å². The van der Waals surface area contributed by atoms with Crippen molar-refractivity contribution in [3.8, 4) is 5.75 Å². The summed E-state index contributed by atoms with van der Waals surface area (Å²) >= 11 is 15.3. The number of rotatable bonds is 6. The second-order valence-corrected chi connectivity index (χ2v) is 10.1. The monoisotopic (exact) mass is 615 g/mol. The van der Waals surface area contributed by atoms with Gasteiger partial charge in [-0.05, 0) is 88.9 Å². The summed E-state index contributed by atoms with van der Waals surface area (Å²) in [5, 5.41) is 5.38. The standard InChI is InChI=1S/C27H20BrCl2N3O5/c1-14-3-4-15(2)22(9-14)31-24(34)13-38-23-8-5-16(11-19(23)28)10-18-25(35)32-27(37)33(26(18)36)17-6-7-20(29)21(30)12-17/h3-12H,13H2,1-2H3,(H,31,34)(H,32,35,37)/b18-10-. The van der Waals surface area contributed by atoms with Gasteiger partial charge in [-0.3, -0.25) is 19.7 Å². The first-order valence-corrected chi connectivity index (χ1v) is 12.7. The van der Waals surface area contributed by atoms with Gasteiger partial charge in [0.15, 0.2) is 6.61 Å². The number of anilines is 2. The zero-order valence-corrected chi connectivity index (χ0v) is 23.2. The highest BCUT2D eigenvalue weighted by molar-refractivity contribution is 9.10. The Morgan fingerprint density at radius 1 is 1.03 bits per heavy atom. The molecule has 194 valence electrons. The molecule has 0 bridgehead atoms. The number of amides is 5. The van der Waals surface area contributed by atoms with E-state index in [9.17, 15) is 19.2 Å². The molecule has 8 nitrogen and oxygen atoms in total. The molecule has 0 aliphatic carbocycles. The van der Waals surface area contributed by atoms with Crippen molar-refractivity contribution >= 4 is 80.3 Å². The molecule has 4 rings (SSSR count). The number of carbonyl (C=O) groups is 4. The van der Waals surface area contributed by atoms with Gasteiger partial charge < -0.3 is 10.1 Å². The van der Waals surface area contributed by atoms with E-state index >= 15 is 0 Å². The quantitative estimate of drug-likeness (QED) is 0.259. The van der Waals surface area contributed by atoms with Gasteiger partial charge in [-0.15, -0.1) is 0 Å². The summed E-state index contributed by atoms with van der Waals surface area (Å²) in [7, 11) is 0. The minimum atomic E-state index is -0.903. The van der Waals surface area contributed by atoms with Crippen LogP contribution in [0.4, 0.5) is 16.2 Å². The van der Waals surface area contributed by atoms with Crippen molar-refractivity contribution in [3.05, 3.63) is 91.4 Å². The fourth-order valence-electron chi connectivity index (χ4n) is 3.61. The van der Waals surface area contributed by atoms with Gasteiger partial charge in [-0.25, -0.2) is 9.69 Å². The van der Waals surface area contributed by atoms with Crippen molar-refractivity contribution in [2.45, 2.75) is 13.8 Å². The zero-order chi connectivity index (χ0) is 27.6. The Morgan fingerprint density at radius 3 is 2.50 bits per heavy atom. The second-order valence-electron chi connectivity index (χ2n) is 8.40. The maximum Gasteiger partial charge on any atom is 0.335 e. The number of hydrogen-bond donors (Lipinski definition) is 2. The smallest absolute Gasteiger partial charge is 0.335 e. The molecule has 1 aliphatic rings. The lowest BCUT2D eigenvalue weighted by atomic mass is 10.1. The summed E-state index contributed by atoms with van der Waals surface area (Å²) in [6.45, 7) is 3.61. The van der Waals surface area contributed by atoms with Gasteiger partial charge in [0.05, 0.1) is 20.2 Å². The molecule has 5 amide bonds. The van der Waals surface area contributed by atoms with Crippen LogP contribution in [0.2, 0.25) is 10.0 Å². The summed E-state index contributed by atoms with van der Waals surface area (Å²) in [5.74, 6) is -1.60. The number of benzene rings is 3. The number of barbiturate groups is 1. The first kappa shape index (κ1) is 27.4. The Hall–Kier alpha value is -3.66. The SMILES string of the molecule is Cc1ccc(C)c(NC(=O)COc2ccc(/C=C3/C(=O)NC(=O)N(c4ccc(Cl)c(Cl)c4)C3=O)cc2Br)c1. The number of imide groups is 2. The molecule has 0 atom stereocenters. The summed E-state index contributed by atoms with van der Waals surface area (Å²) in [5.41, 5.74) is 3.04. The number of carbonyl (C=O) groups excluding carboxylic acids is 4. The molecule has 0 aromatic heterocycles. The first-order chi connectivity index (χ1) is 18.0. The molecule has 0 radical (unpaired) electrons. The van der Waals surface area contributed by atoms with E-state index in [1.165, 1.54) is 24.3 Å². The summed E-state index contributed by atoms with van der Waals surface area (Å²) in [6, 6.07) is 13.9. The van der Waals surface area contributed by atoms with Crippen molar-refractivity contribution in [3.63, 3.8) is 0 Å². The van der Waals surface area contributed by atoms with Gasteiger partial charge in [-0.1, -0.05) is 41.4 Å². The number of hydrogen-bond acceptors (Lipinski definition) is 5. The molecular formula is C27H20BrCl2N3O5. The van der Waals surface area contributed by atoms with E-state index in [4.69, 9.17) is 27.9 Å². The molecule has 0 spiro atoms. The van der Waals surface area contributed by atoms with Crippen LogP contribution in [0.15, 0.2) is 64.6 Å². The Balaban J connectivity index is 1.49. The Bertz CT molecular complexity index is 1520. The van der Waals surface area contributed by atoms with Crippen LogP contribution in [0.3, 0.4) is 0 Å². The van der Waals surface area contributed by atoms with E-state index in [2.05, 4.69) is 26.6 Å². The van der Waals surface area contributed by atoms with Crippen LogP contribution in [0, 0.1) is 13.8 Å². The first-order valence-electron chi connectivity index (χ1n) is 11.2. The lowest BCUT2D eigenvalue weighted by Crippen LogP contribution is -2.54. The largest absolute Gasteiger partial charge is 0.483 e. The maximum absolute atomic E-state index is 13.1. The number of halogens is 3. The minimum Gasteiger partial charge on any atom is -0.483 e. The summed E-state index contributed by atoms with van der Waals surface area (Å²) < 4.78 is 6.13. The number of urea groups is 1. The normalized spacial score (nSPS) is 14.5. The molecule has 11 heteroatoms. The Kier molecular flexibility index (Phi) is 8.20. The lowest BCUT2D eigenvalue weighted by Gasteiger charge is -2.26. The van der Waals surface area contributed by atoms with Gasteiger partial charge in [0.1, 0.15) is 11.3 Å². The maximum atomic E-state index is 13.1. The van der Waals surface area contributed by atoms with Crippen molar-refractivity contribution in [2.24, 2.45) is 0 Å². The number of ether oxygens (including phenoxy) is 1. The van der Waals surface area contributed by atoms with Crippen molar-refractivity contribution in [2.75, 3.05) is 16.8 Å². The Morgan fingerprint density at radius 2 is 1.79 bits per heavy atom. The summed E-state index contributed by atoms with van der Waals surface area (Å²) in [4.78, 5) is 51.1. The van der Waals surface area contributed by atoms with Crippen LogP contribution >= 0.6 is 39.1 Å². The number of nitrogens with zero attached hydrogens (tertiary/aromatic N) is 1. The molecule has 0 unspecified atom stereocenters. The van der Waals surface area contributed by atoms with Crippen LogP contribution in [0.25, 0.3) is 6.08 Å². The minimum absolute atomic E-state index is 0.148. The molecule has 3 aromatic rings. The van der Waals surface area contributed by atoms with E-state index in [-0.39, 0.29) is 33.8 Å². The van der Waals surface area contributed by atoms with E-state index in [1.807, 2.05) is 32.0 Å². The molecular weight excluding hydrogens is 597 g/mol. The van der Waals surface area contributed by atoms with E-state index in [0.717, 1.165) is 16.0 Å². The molecule has 0 saturated carbocycles. The highest BCUT2D eigenvalue weighted by Crippen LogP contribution is 2.31. The predicted molar refractivity (Wildman–Crippen MR) is 150 cm³/mol. The van der Waals surface area contributed by atoms with Crippen molar-refractivity contribution < 1.29 is 23.9 Å². The van der Waals surface area contributed by atoms with Crippen LogP contribution in [0.1, 0.15) is 16.7 Å². The third-order valence-electron chi connectivity index (χ3n) is 5.56. The highest BCUT2D eigenvalue weighted by atomic mass is 79.9. The predicted octanol–water partition coefficient (Wildman–Crippen LogP) is 6.06. The second kappa shape index (κ2) is 11.4. The topological polar surface area (TPSA) is 105 Å². The highest BCUT2D eigenvalue weighted by Gasteiger charge is 2.37. The van der Waals surface area contributed by atoms with Crippen molar-refractivity contribution in [1.82, 2.24) is 5.32 Å². The molecule has 3 aromatic carbocycles. The average molecular weight is 617 g/mol. The molecule has 1 fully saturated rings. The molecule has 1 heterocycles. The van der Waals surface area contributed by atoms with Crippen LogP contribution in [-0.2, 0) is 14.4 Å². The number of aryl methyl sites for hydroxylation is 2. The van der Waals surface area contributed by atoms with Crippen LogP contribution < -0.4 is 20.3 Å². The van der Waals surface area contributed by atoms with E-state index in [0.29, 0.717) is 21.5 Å². The van der Waals surface area contributed by atoms with E-state index < -0.39 is 17.8 Å². The van der Waals surface area contributed by atoms with Gasteiger partial charge in [-0.2, -0.15) is 0 Å². The molecule has 1 aliphatic heterocycles. The fourth-order valence-corrected chi connectivity index (χ4v) is 4.41. The molecule has 1 saturated heterocycles. The average Bonchev–Trinajstić information content (AvgIpc) is 2.85. The van der Waals surface area contributed by atoms with Gasteiger partial charge in [0.2, 0.25) is 0 Å². The fraction of sp³-hybridized carbons (Fsp3) is 0.111. The van der Waals surface area contributed by atoms with Crippen LogP contribution in [0.5, 0.6) is 5.75 Å². The lowest BCUT2D eigenvalue weighted by molar-refractivity contribution is -0.122. The third kappa shape index (κ3) is 6.07. The molecule has 38 heavy (non-hydrogen) atoms. The van der Waals surface area contributed by atoms with Gasteiger partial charge in [0.25, 0.3) is 17.7 Å². The van der Waals surface area contributed by atoms with Gasteiger partial charge in [0, 0.05) is 5.69 Å². The molecule has 2 N–H and O–H groups in total.